The van der Waals surface area contributed by atoms with E-state index in [1.807, 2.05) is 0 Å². The summed E-state index contributed by atoms with van der Waals surface area (Å²) in [5.41, 5.74) is 0.815. The molecule has 6 heteroatoms. The molecule has 0 saturated heterocycles. The van der Waals surface area contributed by atoms with Gasteiger partial charge in [0.05, 0.1) is 7.11 Å². The van der Waals surface area contributed by atoms with Gasteiger partial charge in [0.15, 0.2) is 0 Å². The normalized spacial score (nSPS) is 15.2. The SMILES string of the molecule is COc1ccc(F)cc1CSc1n[nH]c(CCC2CCCC2)n1. The van der Waals surface area contributed by atoms with Crippen molar-refractivity contribution >= 4 is 11.8 Å². The highest BCUT2D eigenvalue weighted by atomic mass is 32.2. The Morgan fingerprint density at radius 3 is 2.96 bits per heavy atom. The van der Waals surface area contributed by atoms with E-state index in [2.05, 4.69) is 15.2 Å². The number of thioether (sulfide) groups is 1. The number of methoxy groups -OCH3 is 1. The first-order valence-electron chi connectivity index (χ1n) is 8.11. The Morgan fingerprint density at radius 2 is 2.17 bits per heavy atom. The molecule has 1 aliphatic carbocycles. The number of aryl methyl sites for hydroxylation is 1. The molecular formula is C17H22FN3OS. The van der Waals surface area contributed by atoms with Gasteiger partial charge in [-0.1, -0.05) is 37.4 Å². The summed E-state index contributed by atoms with van der Waals surface area (Å²) in [7, 11) is 1.59. The molecule has 23 heavy (non-hydrogen) atoms. The molecule has 2 aromatic rings. The van der Waals surface area contributed by atoms with Gasteiger partial charge in [-0.15, -0.1) is 5.10 Å². The fraction of sp³-hybridized carbons (Fsp3) is 0.529. The summed E-state index contributed by atoms with van der Waals surface area (Å²) in [5.74, 6) is 2.82. The summed E-state index contributed by atoms with van der Waals surface area (Å²) in [5, 5.41) is 7.97. The molecule has 1 aliphatic rings. The van der Waals surface area contributed by atoms with E-state index in [9.17, 15) is 4.39 Å². The predicted octanol–water partition coefficient (Wildman–Crippen LogP) is 4.37. The molecule has 0 amide bonds. The number of nitrogens with one attached hydrogen (secondary N) is 1. The van der Waals surface area contributed by atoms with Gasteiger partial charge in [-0.2, -0.15) is 0 Å². The molecule has 1 N–H and O–H groups in total. The zero-order chi connectivity index (χ0) is 16.1. The van der Waals surface area contributed by atoms with E-state index < -0.39 is 0 Å². The molecule has 1 aromatic carbocycles. The molecule has 0 unspecified atom stereocenters. The lowest BCUT2D eigenvalue weighted by atomic mass is 10.0. The maximum Gasteiger partial charge on any atom is 0.208 e. The van der Waals surface area contributed by atoms with Crippen molar-refractivity contribution in [2.45, 2.75) is 49.4 Å². The van der Waals surface area contributed by atoms with Crippen LogP contribution in [-0.2, 0) is 12.2 Å². The molecule has 0 atom stereocenters. The second kappa shape index (κ2) is 7.81. The molecule has 124 valence electrons. The van der Waals surface area contributed by atoms with Gasteiger partial charge in [0, 0.05) is 17.7 Å². The topological polar surface area (TPSA) is 50.8 Å². The number of ether oxygens (including phenoxy) is 1. The minimum atomic E-state index is -0.256. The Hall–Kier alpha value is -1.56. The van der Waals surface area contributed by atoms with Crippen molar-refractivity contribution in [3.05, 3.63) is 35.4 Å². The van der Waals surface area contributed by atoms with Crippen molar-refractivity contribution in [1.29, 1.82) is 0 Å². The minimum absolute atomic E-state index is 0.256. The third-order valence-corrected chi connectivity index (χ3v) is 5.27. The van der Waals surface area contributed by atoms with Gasteiger partial charge in [-0.3, -0.25) is 5.10 Å². The van der Waals surface area contributed by atoms with Gasteiger partial charge in [0.2, 0.25) is 5.16 Å². The highest BCUT2D eigenvalue weighted by molar-refractivity contribution is 7.98. The van der Waals surface area contributed by atoms with Crippen LogP contribution >= 0.6 is 11.8 Å². The van der Waals surface area contributed by atoms with Crippen molar-refractivity contribution in [3.8, 4) is 5.75 Å². The van der Waals surface area contributed by atoms with Crippen molar-refractivity contribution in [1.82, 2.24) is 15.2 Å². The lowest BCUT2D eigenvalue weighted by molar-refractivity contribution is 0.410. The summed E-state index contributed by atoms with van der Waals surface area (Å²) in [6, 6.07) is 4.55. The number of hydrogen-bond acceptors (Lipinski definition) is 4. The Balaban J connectivity index is 1.53. The molecule has 1 heterocycles. The van der Waals surface area contributed by atoms with Crippen LogP contribution in [0.1, 0.15) is 43.5 Å². The highest BCUT2D eigenvalue weighted by Crippen LogP contribution is 2.29. The molecule has 0 aliphatic heterocycles. The van der Waals surface area contributed by atoms with Gasteiger partial charge in [0.1, 0.15) is 17.4 Å². The molecule has 1 fully saturated rings. The van der Waals surface area contributed by atoms with Gasteiger partial charge < -0.3 is 4.74 Å². The number of rotatable bonds is 7. The van der Waals surface area contributed by atoms with Crippen LogP contribution in [0.5, 0.6) is 5.75 Å². The number of aromatic nitrogens is 3. The number of hydrogen-bond donors (Lipinski definition) is 1. The number of halogens is 1. The van der Waals surface area contributed by atoms with Crippen LogP contribution in [0.4, 0.5) is 4.39 Å². The number of aromatic amines is 1. The van der Waals surface area contributed by atoms with Crippen molar-refractivity contribution in [2.75, 3.05) is 7.11 Å². The summed E-state index contributed by atoms with van der Waals surface area (Å²) >= 11 is 1.49. The number of benzene rings is 1. The minimum Gasteiger partial charge on any atom is -0.496 e. The highest BCUT2D eigenvalue weighted by Gasteiger charge is 2.16. The van der Waals surface area contributed by atoms with Gasteiger partial charge in [-0.25, -0.2) is 9.37 Å². The summed E-state index contributed by atoms with van der Waals surface area (Å²) in [6.07, 6.45) is 7.61. The molecule has 0 radical (unpaired) electrons. The van der Waals surface area contributed by atoms with E-state index in [0.717, 1.165) is 23.7 Å². The van der Waals surface area contributed by atoms with E-state index >= 15 is 0 Å². The molecule has 1 aromatic heterocycles. The Kier molecular flexibility index (Phi) is 5.54. The summed E-state index contributed by atoms with van der Waals surface area (Å²) in [4.78, 5) is 4.53. The van der Waals surface area contributed by atoms with Crippen LogP contribution in [0.15, 0.2) is 23.4 Å². The van der Waals surface area contributed by atoms with Crippen LogP contribution in [0.2, 0.25) is 0 Å². The van der Waals surface area contributed by atoms with Crippen molar-refractivity contribution in [2.24, 2.45) is 5.92 Å². The standard InChI is InChI=1S/C17H22FN3OS/c1-22-15-8-7-14(18)10-13(15)11-23-17-19-16(20-21-17)9-6-12-4-2-3-5-12/h7-8,10,12H,2-6,9,11H2,1H3,(H,19,20,21). The van der Waals surface area contributed by atoms with Crippen LogP contribution in [0.25, 0.3) is 0 Å². The van der Waals surface area contributed by atoms with Crippen molar-refractivity contribution < 1.29 is 9.13 Å². The fourth-order valence-electron chi connectivity index (χ4n) is 3.10. The average molecular weight is 335 g/mol. The molecule has 3 rings (SSSR count). The summed E-state index contributed by atoms with van der Waals surface area (Å²) < 4.78 is 18.6. The Bertz CT molecular complexity index is 641. The zero-order valence-electron chi connectivity index (χ0n) is 13.3. The quantitative estimate of drug-likeness (QED) is 0.764. The van der Waals surface area contributed by atoms with Crippen LogP contribution < -0.4 is 4.74 Å². The van der Waals surface area contributed by atoms with E-state index in [-0.39, 0.29) is 5.82 Å². The van der Waals surface area contributed by atoms with E-state index in [4.69, 9.17) is 4.74 Å². The molecule has 0 bridgehead atoms. The van der Waals surface area contributed by atoms with E-state index in [1.165, 1.54) is 56.0 Å². The predicted molar refractivity (Wildman–Crippen MR) is 89.2 cm³/mol. The summed E-state index contributed by atoms with van der Waals surface area (Å²) in [6.45, 7) is 0. The Labute approximate surface area is 140 Å². The molecular weight excluding hydrogens is 313 g/mol. The van der Waals surface area contributed by atoms with Gasteiger partial charge >= 0.3 is 0 Å². The third-order valence-electron chi connectivity index (χ3n) is 4.37. The number of nitrogens with zero attached hydrogens (tertiary/aromatic N) is 2. The van der Waals surface area contributed by atoms with Crippen molar-refractivity contribution in [3.63, 3.8) is 0 Å². The Morgan fingerprint density at radius 1 is 1.35 bits per heavy atom. The van der Waals surface area contributed by atoms with E-state index in [1.54, 1.807) is 13.2 Å². The maximum absolute atomic E-state index is 13.4. The van der Waals surface area contributed by atoms with Gasteiger partial charge in [-0.05, 0) is 30.5 Å². The van der Waals surface area contributed by atoms with Crippen LogP contribution in [-0.4, -0.2) is 22.3 Å². The monoisotopic (exact) mass is 335 g/mol. The average Bonchev–Trinajstić information content (AvgIpc) is 3.22. The second-order valence-corrected chi connectivity index (χ2v) is 6.94. The zero-order valence-corrected chi connectivity index (χ0v) is 14.2. The lowest BCUT2D eigenvalue weighted by Gasteiger charge is -2.07. The maximum atomic E-state index is 13.4. The van der Waals surface area contributed by atoms with Crippen LogP contribution in [0.3, 0.4) is 0 Å². The lowest BCUT2D eigenvalue weighted by Crippen LogP contribution is -1.97. The first kappa shape index (κ1) is 16.3. The largest absolute Gasteiger partial charge is 0.496 e. The van der Waals surface area contributed by atoms with Crippen LogP contribution in [0, 0.1) is 11.7 Å². The second-order valence-electron chi connectivity index (χ2n) is 6.00. The smallest absolute Gasteiger partial charge is 0.208 e. The third kappa shape index (κ3) is 4.47. The molecule has 4 nitrogen and oxygen atoms in total. The van der Waals surface area contributed by atoms with E-state index in [0.29, 0.717) is 16.7 Å². The fourth-order valence-corrected chi connectivity index (χ4v) is 3.89. The van der Waals surface area contributed by atoms with Gasteiger partial charge in [0.25, 0.3) is 0 Å². The number of H-pyrrole nitrogens is 1. The molecule has 1 saturated carbocycles. The first-order valence-corrected chi connectivity index (χ1v) is 9.09. The molecule has 0 spiro atoms. The first-order chi connectivity index (χ1) is 11.2.